The zero-order valence-electron chi connectivity index (χ0n) is 14.7. The molecule has 2 heterocycles. The molecule has 0 atom stereocenters. The van der Waals surface area contributed by atoms with Crippen molar-refractivity contribution in [1.82, 2.24) is 4.90 Å². The molecule has 0 unspecified atom stereocenters. The quantitative estimate of drug-likeness (QED) is 0.740. The lowest BCUT2D eigenvalue weighted by molar-refractivity contribution is -0.113. The third-order valence-electron chi connectivity index (χ3n) is 4.18. The third kappa shape index (κ3) is 4.20. The summed E-state index contributed by atoms with van der Waals surface area (Å²) in [5.74, 6) is 0.400. The Morgan fingerprint density at radius 3 is 2.73 bits per heavy atom. The monoisotopic (exact) mass is 391 g/mol. The van der Waals surface area contributed by atoms with Crippen molar-refractivity contribution in [1.29, 1.82) is 0 Å². The Morgan fingerprint density at radius 2 is 2.08 bits per heavy atom. The first kappa shape index (κ1) is 18.8. The number of primary amides is 1. The Bertz CT molecular complexity index is 818. The highest BCUT2D eigenvalue weighted by atomic mass is 32.2. The molecule has 3 N–H and O–H groups in total. The summed E-state index contributed by atoms with van der Waals surface area (Å²) in [7, 11) is 3.65. The number of anilines is 1. The lowest BCUT2D eigenvalue weighted by atomic mass is 10.0. The third-order valence-corrected chi connectivity index (χ3v) is 6.32. The maximum atomic E-state index is 12.3. The maximum Gasteiger partial charge on any atom is 0.251 e. The first-order valence-electron chi connectivity index (χ1n) is 8.17. The van der Waals surface area contributed by atoms with Crippen molar-refractivity contribution in [3.8, 4) is 5.75 Å². The van der Waals surface area contributed by atoms with E-state index in [-0.39, 0.29) is 11.7 Å². The average Bonchev–Trinajstić information content (AvgIpc) is 2.97. The summed E-state index contributed by atoms with van der Waals surface area (Å²) in [6.07, 6.45) is 0.775. The number of carbonyl (C=O) groups is 2. The largest absolute Gasteiger partial charge is 0.497 e. The molecule has 3 rings (SSSR count). The normalized spacial score (nSPS) is 13.9. The highest BCUT2D eigenvalue weighted by Gasteiger charge is 2.26. The predicted octanol–water partition coefficient (Wildman–Crippen LogP) is 2.57. The number of thiophene rings is 1. The molecule has 26 heavy (non-hydrogen) atoms. The van der Waals surface area contributed by atoms with E-state index in [4.69, 9.17) is 10.5 Å². The van der Waals surface area contributed by atoms with E-state index in [1.165, 1.54) is 23.1 Å². The number of nitrogens with one attached hydrogen (secondary N) is 1. The number of nitrogens with two attached hydrogens (primary N) is 1. The van der Waals surface area contributed by atoms with E-state index in [0.717, 1.165) is 40.6 Å². The molecular weight excluding hydrogens is 370 g/mol. The van der Waals surface area contributed by atoms with Gasteiger partial charge in [0.05, 0.1) is 18.4 Å². The van der Waals surface area contributed by atoms with Crippen molar-refractivity contribution in [2.75, 3.05) is 31.8 Å². The van der Waals surface area contributed by atoms with Crippen molar-refractivity contribution in [2.24, 2.45) is 5.73 Å². The minimum atomic E-state index is -0.481. The maximum absolute atomic E-state index is 12.3. The molecule has 0 bridgehead atoms. The molecule has 0 saturated carbocycles. The van der Waals surface area contributed by atoms with Gasteiger partial charge in [0.15, 0.2) is 0 Å². The molecule has 1 aromatic carbocycles. The van der Waals surface area contributed by atoms with Crippen LogP contribution in [-0.4, -0.2) is 43.2 Å². The van der Waals surface area contributed by atoms with Gasteiger partial charge in [-0.3, -0.25) is 9.59 Å². The molecule has 138 valence electrons. The number of nitrogens with zero attached hydrogens (tertiary/aromatic N) is 1. The van der Waals surface area contributed by atoms with Crippen molar-refractivity contribution >= 4 is 39.9 Å². The molecule has 1 aliphatic heterocycles. The van der Waals surface area contributed by atoms with E-state index < -0.39 is 5.91 Å². The molecule has 0 radical (unpaired) electrons. The average molecular weight is 392 g/mol. The van der Waals surface area contributed by atoms with Gasteiger partial charge < -0.3 is 20.7 Å². The van der Waals surface area contributed by atoms with E-state index in [9.17, 15) is 9.59 Å². The van der Waals surface area contributed by atoms with Crippen LogP contribution in [0.1, 0.15) is 20.8 Å². The van der Waals surface area contributed by atoms with Crippen molar-refractivity contribution in [2.45, 2.75) is 17.9 Å². The SMILES string of the molecule is COc1ccc(SCC(=O)Nc2sc3c(c2C(N)=O)CCN(C)C3)cc1. The Morgan fingerprint density at radius 1 is 1.35 bits per heavy atom. The number of likely N-dealkylation sites (N-methyl/N-ethyl adjacent to an activating group) is 1. The molecule has 1 aliphatic rings. The number of thioether (sulfide) groups is 1. The second-order valence-electron chi connectivity index (χ2n) is 6.07. The fourth-order valence-corrected chi connectivity index (χ4v) is 4.91. The van der Waals surface area contributed by atoms with E-state index >= 15 is 0 Å². The highest BCUT2D eigenvalue weighted by Crippen LogP contribution is 2.36. The topological polar surface area (TPSA) is 84.7 Å². The van der Waals surface area contributed by atoms with E-state index in [0.29, 0.717) is 10.6 Å². The van der Waals surface area contributed by atoms with E-state index in [1.807, 2.05) is 31.3 Å². The number of methoxy groups -OCH3 is 1. The van der Waals surface area contributed by atoms with Crippen LogP contribution < -0.4 is 15.8 Å². The predicted molar refractivity (Wildman–Crippen MR) is 105 cm³/mol. The Kier molecular flexibility index (Phi) is 5.85. The zero-order valence-corrected chi connectivity index (χ0v) is 16.3. The number of hydrogen-bond donors (Lipinski definition) is 2. The zero-order chi connectivity index (χ0) is 18.7. The fourth-order valence-electron chi connectivity index (χ4n) is 2.86. The van der Waals surface area contributed by atoms with Gasteiger partial charge >= 0.3 is 0 Å². The second kappa shape index (κ2) is 8.11. The minimum absolute atomic E-state index is 0.153. The first-order chi connectivity index (χ1) is 12.5. The van der Waals surface area contributed by atoms with Crippen LogP contribution in [0.5, 0.6) is 5.75 Å². The summed E-state index contributed by atoms with van der Waals surface area (Å²) in [4.78, 5) is 28.5. The number of carbonyl (C=O) groups excluding carboxylic acids is 2. The summed E-state index contributed by atoms with van der Waals surface area (Å²) in [5.41, 5.74) is 7.03. The van der Waals surface area contributed by atoms with Gasteiger partial charge in [-0.2, -0.15) is 0 Å². The number of benzene rings is 1. The minimum Gasteiger partial charge on any atom is -0.497 e. The van der Waals surface area contributed by atoms with Crippen LogP contribution in [0.15, 0.2) is 29.2 Å². The highest BCUT2D eigenvalue weighted by molar-refractivity contribution is 8.00. The molecule has 6 nitrogen and oxygen atoms in total. The van der Waals surface area contributed by atoms with Gasteiger partial charge in [0.1, 0.15) is 10.8 Å². The summed E-state index contributed by atoms with van der Waals surface area (Å²) in [5, 5.41) is 3.44. The molecule has 0 spiro atoms. The van der Waals surface area contributed by atoms with Gasteiger partial charge in [-0.1, -0.05) is 0 Å². The number of fused-ring (bicyclic) bond motifs is 1. The van der Waals surface area contributed by atoms with Crippen LogP contribution in [0.4, 0.5) is 5.00 Å². The van der Waals surface area contributed by atoms with Gasteiger partial charge in [0, 0.05) is 22.9 Å². The Balaban J connectivity index is 1.67. The number of ether oxygens (including phenoxy) is 1. The second-order valence-corrected chi connectivity index (χ2v) is 8.23. The van der Waals surface area contributed by atoms with Gasteiger partial charge in [0.25, 0.3) is 5.91 Å². The molecule has 0 aliphatic carbocycles. The fraction of sp³-hybridized carbons (Fsp3) is 0.333. The van der Waals surface area contributed by atoms with Crippen molar-refractivity contribution in [3.05, 3.63) is 40.3 Å². The van der Waals surface area contributed by atoms with E-state index in [2.05, 4.69) is 10.2 Å². The van der Waals surface area contributed by atoms with Gasteiger partial charge in [-0.25, -0.2) is 0 Å². The molecule has 1 aromatic heterocycles. The van der Waals surface area contributed by atoms with Crippen LogP contribution >= 0.6 is 23.1 Å². The number of amides is 2. The molecule has 0 fully saturated rings. The lowest BCUT2D eigenvalue weighted by Gasteiger charge is -2.22. The summed E-state index contributed by atoms with van der Waals surface area (Å²) in [6, 6.07) is 7.53. The van der Waals surface area contributed by atoms with Crippen LogP contribution in [0, 0.1) is 0 Å². The summed E-state index contributed by atoms with van der Waals surface area (Å²) in [6.45, 7) is 1.65. The van der Waals surface area contributed by atoms with Gasteiger partial charge in [-0.15, -0.1) is 23.1 Å². The van der Waals surface area contributed by atoms with Crippen molar-refractivity contribution in [3.63, 3.8) is 0 Å². The van der Waals surface area contributed by atoms with E-state index in [1.54, 1.807) is 7.11 Å². The summed E-state index contributed by atoms with van der Waals surface area (Å²) < 4.78 is 5.12. The van der Waals surface area contributed by atoms with Crippen LogP contribution in [0.2, 0.25) is 0 Å². The Labute approximate surface area is 160 Å². The lowest BCUT2D eigenvalue weighted by Crippen LogP contribution is -2.27. The Hall–Kier alpha value is -2.03. The molecular formula is C18H21N3O3S2. The molecule has 8 heteroatoms. The summed E-state index contributed by atoms with van der Waals surface area (Å²) >= 11 is 2.88. The van der Waals surface area contributed by atoms with Crippen LogP contribution in [-0.2, 0) is 17.8 Å². The van der Waals surface area contributed by atoms with Crippen molar-refractivity contribution < 1.29 is 14.3 Å². The van der Waals surface area contributed by atoms with Gasteiger partial charge in [-0.05, 0) is 43.3 Å². The number of hydrogen-bond acceptors (Lipinski definition) is 6. The van der Waals surface area contributed by atoms with Crippen LogP contribution in [0.3, 0.4) is 0 Å². The van der Waals surface area contributed by atoms with Gasteiger partial charge in [0.2, 0.25) is 5.91 Å². The standard InChI is InChI=1S/C18H21N3O3S2/c1-21-8-7-13-14(9-21)26-18(16(13)17(19)23)20-15(22)10-25-12-5-3-11(24-2)4-6-12/h3-6H,7-10H2,1-2H3,(H2,19,23)(H,20,22). The molecule has 0 saturated heterocycles. The molecule has 2 amide bonds. The first-order valence-corrected chi connectivity index (χ1v) is 9.97. The number of rotatable bonds is 6. The smallest absolute Gasteiger partial charge is 0.251 e. The molecule has 2 aromatic rings. The van der Waals surface area contributed by atoms with Crippen LogP contribution in [0.25, 0.3) is 0 Å².